The summed E-state index contributed by atoms with van der Waals surface area (Å²) >= 11 is 0. The quantitative estimate of drug-likeness (QED) is 0.700. The van der Waals surface area contributed by atoms with E-state index in [0.29, 0.717) is 18.8 Å². The van der Waals surface area contributed by atoms with Gasteiger partial charge in [-0.1, -0.05) is 0 Å². The van der Waals surface area contributed by atoms with Crippen molar-refractivity contribution in [1.29, 1.82) is 0 Å². The van der Waals surface area contributed by atoms with Crippen molar-refractivity contribution in [1.82, 2.24) is 15.3 Å². The average Bonchev–Trinajstić information content (AvgIpc) is 2.87. The summed E-state index contributed by atoms with van der Waals surface area (Å²) in [6.07, 6.45) is 0.482. The smallest absolute Gasteiger partial charge is 0.407 e. The molecular weight excluding hydrogens is 255 g/mol. The number of carbonyl (C=O) groups is 2. The van der Waals surface area contributed by atoms with Crippen LogP contribution in [0.5, 0.6) is 0 Å². The molecule has 0 unspecified atom stereocenters. The van der Waals surface area contributed by atoms with Crippen LogP contribution in [0, 0.1) is 11.7 Å². The van der Waals surface area contributed by atoms with Crippen molar-refractivity contribution in [2.24, 2.45) is 5.92 Å². The lowest BCUT2D eigenvalue weighted by Gasteiger charge is -2.13. The molecule has 7 nitrogen and oxygen atoms in total. The zero-order chi connectivity index (χ0) is 13.8. The monoisotopic (exact) mass is 268 g/mol. The molecule has 8 heteroatoms. The van der Waals surface area contributed by atoms with E-state index in [1.54, 1.807) is 0 Å². The van der Waals surface area contributed by atoms with E-state index in [9.17, 15) is 14.0 Å². The first-order chi connectivity index (χ1) is 9.06. The van der Waals surface area contributed by atoms with Crippen molar-refractivity contribution in [2.45, 2.75) is 6.42 Å². The van der Waals surface area contributed by atoms with Crippen LogP contribution in [-0.4, -0.2) is 40.1 Å². The average molecular weight is 268 g/mol. The third-order valence-corrected chi connectivity index (χ3v) is 2.87. The third-order valence-electron chi connectivity index (χ3n) is 2.87. The Hall–Kier alpha value is -2.38. The van der Waals surface area contributed by atoms with E-state index in [-0.39, 0.29) is 18.4 Å². The third kappa shape index (κ3) is 3.30. The van der Waals surface area contributed by atoms with Gasteiger partial charge in [-0.25, -0.2) is 14.2 Å². The number of pyridine rings is 1. The highest BCUT2D eigenvalue weighted by molar-refractivity contribution is 5.81. The second kappa shape index (κ2) is 5.51. The summed E-state index contributed by atoms with van der Waals surface area (Å²) in [6.45, 7) is 0.530. The Morgan fingerprint density at radius 1 is 1.47 bits per heavy atom. The Kier molecular flexibility index (Phi) is 3.79. The number of carbonyl (C=O) groups excluding carboxylic acids is 1. The maximum Gasteiger partial charge on any atom is 0.407 e. The summed E-state index contributed by atoms with van der Waals surface area (Å²) in [5.74, 6) is -0.855. The van der Waals surface area contributed by atoms with Gasteiger partial charge < -0.3 is 10.0 Å². The van der Waals surface area contributed by atoms with Gasteiger partial charge in [0.15, 0.2) is 0 Å². The molecule has 1 aromatic rings. The molecule has 1 aliphatic rings. The second-order valence-electron chi connectivity index (χ2n) is 4.19. The van der Waals surface area contributed by atoms with Crippen molar-refractivity contribution in [3.8, 4) is 0 Å². The minimum Gasteiger partial charge on any atom is -0.465 e. The number of nitrogens with one attached hydrogen (secondary N) is 2. The molecule has 0 radical (unpaired) electrons. The minimum atomic E-state index is -1.02. The molecule has 102 valence electrons. The number of amides is 2. The summed E-state index contributed by atoms with van der Waals surface area (Å²) in [6, 6.07) is 2.59. The number of hydrazine groups is 1. The molecule has 0 spiro atoms. The molecule has 0 aliphatic carbocycles. The van der Waals surface area contributed by atoms with E-state index in [4.69, 9.17) is 5.11 Å². The van der Waals surface area contributed by atoms with Crippen LogP contribution < -0.4 is 10.9 Å². The van der Waals surface area contributed by atoms with E-state index in [1.165, 1.54) is 17.0 Å². The summed E-state index contributed by atoms with van der Waals surface area (Å²) in [4.78, 5) is 27.4. The standard InChI is InChI=1S/C11H13FN4O3/c12-8-1-2-9(13-5-8)14-15-10(17)7-3-4-16(6-7)11(18)19/h1-2,5,7H,3-4,6H2,(H,13,14)(H,15,17)(H,18,19)/t7-/m1/s1. The Morgan fingerprint density at radius 2 is 2.26 bits per heavy atom. The van der Waals surface area contributed by atoms with Gasteiger partial charge in [0.2, 0.25) is 5.91 Å². The van der Waals surface area contributed by atoms with E-state index in [0.717, 1.165) is 6.20 Å². The van der Waals surface area contributed by atoms with Crippen LogP contribution in [0.4, 0.5) is 15.0 Å². The molecule has 1 saturated heterocycles. The maximum absolute atomic E-state index is 12.6. The largest absolute Gasteiger partial charge is 0.465 e. The van der Waals surface area contributed by atoms with Gasteiger partial charge in [0, 0.05) is 13.1 Å². The van der Waals surface area contributed by atoms with Crippen molar-refractivity contribution in [3.05, 3.63) is 24.1 Å². The molecule has 2 rings (SSSR count). The number of hydrogen-bond donors (Lipinski definition) is 3. The van der Waals surface area contributed by atoms with Crippen LogP contribution in [0.2, 0.25) is 0 Å². The number of rotatable bonds is 3. The maximum atomic E-state index is 12.6. The molecule has 3 N–H and O–H groups in total. The van der Waals surface area contributed by atoms with Crippen LogP contribution in [-0.2, 0) is 4.79 Å². The predicted molar refractivity (Wildman–Crippen MR) is 63.7 cm³/mol. The van der Waals surface area contributed by atoms with Gasteiger partial charge in [0.1, 0.15) is 11.6 Å². The molecule has 2 amide bonds. The molecule has 1 aromatic heterocycles. The Labute approximate surface area is 108 Å². The molecule has 2 heterocycles. The summed E-state index contributed by atoms with van der Waals surface area (Å²) in [5, 5.41) is 8.78. The van der Waals surface area contributed by atoms with Gasteiger partial charge in [-0.2, -0.15) is 0 Å². The number of anilines is 1. The molecule has 0 bridgehead atoms. The lowest BCUT2D eigenvalue weighted by Crippen LogP contribution is -2.37. The van der Waals surface area contributed by atoms with Crippen LogP contribution >= 0.6 is 0 Å². The Balaban J connectivity index is 1.82. The first-order valence-electron chi connectivity index (χ1n) is 5.71. The zero-order valence-corrected chi connectivity index (χ0v) is 9.97. The molecule has 1 aliphatic heterocycles. The van der Waals surface area contributed by atoms with Crippen molar-refractivity contribution < 1.29 is 19.1 Å². The van der Waals surface area contributed by atoms with Crippen molar-refractivity contribution in [3.63, 3.8) is 0 Å². The number of aromatic nitrogens is 1. The second-order valence-corrected chi connectivity index (χ2v) is 4.19. The fourth-order valence-corrected chi connectivity index (χ4v) is 1.83. The highest BCUT2D eigenvalue weighted by Crippen LogP contribution is 2.16. The van der Waals surface area contributed by atoms with E-state index in [1.807, 2.05) is 0 Å². The Bertz CT molecular complexity index is 479. The summed E-state index contributed by atoms with van der Waals surface area (Å²) < 4.78 is 12.6. The van der Waals surface area contributed by atoms with Gasteiger partial charge in [0.25, 0.3) is 0 Å². The zero-order valence-electron chi connectivity index (χ0n) is 9.97. The van der Waals surface area contributed by atoms with Crippen LogP contribution in [0.3, 0.4) is 0 Å². The molecule has 1 atom stereocenters. The van der Waals surface area contributed by atoms with Gasteiger partial charge >= 0.3 is 6.09 Å². The predicted octanol–water partition coefficient (Wildman–Crippen LogP) is 0.664. The highest BCUT2D eigenvalue weighted by atomic mass is 19.1. The van der Waals surface area contributed by atoms with Crippen molar-refractivity contribution >= 4 is 17.8 Å². The number of likely N-dealkylation sites (tertiary alicyclic amines) is 1. The molecule has 0 saturated carbocycles. The number of halogens is 1. The van der Waals surface area contributed by atoms with E-state index in [2.05, 4.69) is 15.8 Å². The van der Waals surface area contributed by atoms with Gasteiger partial charge in [-0.15, -0.1) is 0 Å². The van der Waals surface area contributed by atoms with Gasteiger partial charge in [-0.3, -0.25) is 15.6 Å². The summed E-state index contributed by atoms with van der Waals surface area (Å²) in [5.41, 5.74) is 4.98. The normalized spacial score (nSPS) is 18.2. The van der Waals surface area contributed by atoms with Gasteiger partial charge in [0.05, 0.1) is 12.1 Å². The molecule has 0 aromatic carbocycles. The summed E-state index contributed by atoms with van der Waals surface area (Å²) in [7, 11) is 0. The first-order valence-corrected chi connectivity index (χ1v) is 5.71. The van der Waals surface area contributed by atoms with Crippen LogP contribution in [0.1, 0.15) is 6.42 Å². The minimum absolute atomic E-state index is 0.180. The number of hydrogen-bond acceptors (Lipinski definition) is 4. The fourth-order valence-electron chi connectivity index (χ4n) is 1.83. The van der Waals surface area contributed by atoms with E-state index >= 15 is 0 Å². The topological polar surface area (TPSA) is 94.6 Å². The fraction of sp³-hybridized carbons (Fsp3) is 0.364. The van der Waals surface area contributed by atoms with Crippen molar-refractivity contribution in [2.75, 3.05) is 18.5 Å². The van der Waals surface area contributed by atoms with Crippen LogP contribution in [0.25, 0.3) is 0 Å². The number of carboxylic acid groups (broad SMARTS) is 1. The molecular formula is C11H13FN4O3. The van der Waals surface area contributed by atoms with Crippen LogP contribution in [0.15, 0.2) is 18.3 Å². The Morgan fingerprint density at radius 3 is 2.84 bits per heavy atom. The van der Waals surface area contributed by atoms with Gasteiger partial charge in [-0.05, 0) is 18.6 Å². The first kappa shape index (κ1) is 13.1. The number of nitrogens with zero attached hydrogens (tertiary/aromatic N) is 2. The van der Waals surface area contributed by atoms with E-state index < -0.39 is 11.9 Å². The molecule has 1 fully saturated rings. The molecule has 19 heavy (non-hydrogen) atoms. The highest BCUT2D eigenvalue weighted by Gasteiger charge is 2.30. The lowest BCUT2D eigenvalue weighted by atomic mass is 10.1. The lowest BCUT2D eigenvalue weighted by molar-refractivity contribution is -0.124. The SMILES string of the molecule is O=C(NNc1ccc(F)cn1)[C@@H]1CCN(C(=O)O)C1.